The van der Waals surface area contributed by atoms with E-state index in [1.54, 1.807) is 0 Å². The van der Waals surface area contributed by atoms with Crippen molar-refractivity contribution in [3.8, 4) is 0 Å². The van der Waals surface area contributed by atoms with E-state index in [0.717, 1.165) is 51.6 Å². The molecule has 0 bridgehead atoms. The molecule has 1 amide bonds. The van der Waals surface area contributed by atoms with Crippen LogP contribution in [-0.4, -0.2) is 31.6 Å². The van der Waals surface area contributed by atoms with E-state index in [-0.39, 0.29) is 5.91 Å². The summed E-state index contributed by atoms with van der Waals surface area (Å²) in [6.07, 6.45) is 5.85. The lowest BCUT2D eigenvalue weighted by Gasteiger charge is -2.22. The van der Waals surface area contributed by atoms with E-state index in [0.29, 0.717) is 0 Å². The Morgan fingerprint density at radius 2 is 1.90 bits per heavy atom. The Labute approximate surface area is 127 Å². The third kappa shape index (κ3) is 4.46. The second kappa shape index (κ2) is 7.46. The Bertz CT molecular complexity index is 441. The molecule has 1 aliphatic carbocycles. The van der Waals surface area contributed by atoms with Gasteiger partial charge >= 0.3 is 0 Å². The largest absolute Gasteiger partial charge is 0.375 e. The predicted octanol–water partition coefficient (Wildman–Crippen LogP) is 2.29. The first kappa shape index (κ1) is 15.8. The number of carbonyl (C=O) groups excluding carboxylic acids is 1. The van der Waals surface area contributed by atoms with Crippen LogP contribution in [0.1, 0.15) is 38.5 Å². The summed E-state index contributed by atoms with van der Waals surface area (Å²) in [6, 6.07) is 10.3. The molecular formula is C17H27N3O. The zero-order valence-electron chi connectivity index (χ0n) is 13.0. The summed E-state index contributed by atoms with van der Waals surface area (Å²) < 4.78 is 0. The highest BCUT2D eigenvalue weighted by atomic mass is 16.2. The maximum absolute atomic E-state index is 12.0. The number of rotatable bonds is 7. The van der Waals surface area contributed by atoms with Crippen molar-refractivity contribution in [2.45, 2.75) is 44.1 Å². The van der Waals surface area contributed by atoms with Crippen molar-refractivity contribution in [2.24, 2.45) is 5.73 Å². The van der Waals surface area contributed by atoms with Crippen molar-refractivity contribution in [3.05, 3.63) is 30.3 Å². The Morgan fingerprint density at radius 3 is 2.57 bits per heavy atom. The van der Waals surface area contributed by atoms with E-state index >= 15 is 0 Å². The molecule has 2 rings (SSSR count). The van der Waals surface area contributed by atoms with Gasteiger partial charge in [-0.3, -0.25) is 4.79 Å². The van der Waals surface area contributed by atoms with Gasteiger partial charge in [-0.05, 0) is 37.8 Å². The van der Waals surface area contributed by atoms with Crippen molar-refractivity contribution >= 4 is 11.6 Å². The van der Waals surface area contributed by atoms with E-state index in [1.165, 1.54) is 5.69 Å². The van der Waals surface area contributed by atoms with Crippen LogP contribution in [0, 0.1) is 0 Å². The van der Waals surface area contributed by atoms with Crippen molar-refractivity contribution in [3.63, 3.8) is 0 Å². The van der Waals surface area contributed by atoms with E-state index in [9.17, 15) is 4.79 Å². The predicted molar refractivity (Wildman–Crippen MR) is 87.3 cm³/mol. The fourth-order valence-corrected chi connectivity index (χ4v) is 2.90. The van der Waals surface area contributed by atoms with Gasteiger partial charge in [0, 0.05) is 25.8 Å². The van der Waals surface area contributed by atoms with Crippen LogP contribution in [0.4, 0.5) is 5.69 Å². The number of nitrogens with zero attached hydrogens (tertiary/aromatic N) is 1. The number of nitrogens with two attached hydrogens (primary N) is 1. The average molecular weight is 289 g/mol. The fourth-order valence-electron chi connectivity index (χ4n) is 2.90. The van der Waals surface area contributed by atoms with E-state index < -0.39 is 5.54 Å². The molecule has 0 radical (unpaired) electrons. The number of hydrogen-bond donors (Lipinski definition) is 2. The van der Waals surface area contributed by atoms with Crippen LogP contribution >= 0.6 is 0 Å². The summed E-state index contributed by atoms with van der Waals surface area (Å²) in [5.74, 6) is 0.0383. The van der Waals surface area contributed by atoms with Crippen molar-refractivity contribution in [1.82, 2.24) is 5.32 Å². The lowest BCUT2D eigenvalue weighted by atomic mass is 9.98. The minimum Gasteiger partial charge on any atom is -0.375 e. The maximum Gasteiger partial charge on any atom is 0.240 e. The molecular weight excluding hydrogens is 262 g/mol. The fraction of sp³-hybridized carbons (Fsp3) is 0.588. The van der Waals surface area contributed by atoms with Crippen LogP contribution in [-0.2, 0) is 4.79 Å². The summed E-state index contributed by atoms with van der Waals surface area (Å²) in [5, 5.41) is 3.00. The van der Waals surface area contributed by atoms with Crippen molar-refractivity contribution in [1.29, 1.82) is 0 Å². The topological polar surface area (TPSA) is 58.4 Å². The van der Waals surface area contributed by atoms with Crippen LogP contribution in [0.25, 0.3) is 0 Å². The highest BCUT2D eigenvalue weighted by Crippen LogP contribution is 2.27. The second-order valence-electron chi connectivity index (χ2n) is 6.08. The van der Waals surface area contributed by atoms with Gasteiger partial charge < -0.3 is 16.0 Å². The summed E-state index contributed by atoms with van der Waals surface area (Å²) in [4.78, 5) is 14.3. The third-order valence-electron chi connectivity index (χ3n) is 4.35. The smallest absolute Gasteiger partial charge is 0.240 e. The van der Waals surface area contributed by atoms with Gasteiger partial charge in [-0.1, -0.05) is 31.0 Å². The summed E-state index contributed by atoms with van der Waals surface area (Å²) >= 11 is 0. The van der Waals surface area contributed by atoms with Gasteiger partial charge in [0.05, 0.1) is 5.54 Å². The standard InChI is InChI=1S/C17H27N3O/c1-20(15-9-3-2-4-10-15)14-8-7-13-19-16(21)17(18)11-5-6-12-17/h2-4,9-10H,5-8,11-14,18H2,1H3,(H,19,21). The highest BCUT2D eigenvalue weighted by molar-refractivity contribution is 5.86. The number of amides is 1. The molecule has 1 fully saturated rings. The van der Waals surface area contributed by atoms with Crippen LogP contribution in [0.5, 0.6) is 0 Å². The molecule has 21 heavy (non-hydrogen) atoms. The Balaban J connectivity index is 1.61. The second-order valence-corrected chi connectivity index (χ2v) is 6.08. The molecule has 116 valence electrons. The zero-order valence-corrected chi connectivity index (χ0v) is 13.0. The molecule has 0 atom stereocenters. The number of para-hydroxylation sites is 1. The van der Waals surface area contributed by atoms with Gasteiger partial charge in [0.15, 0.2) is 0 Å². The third-order valence-corrected chi connectivity index (χ3v) is 4.35. The maximum atomic E-state index is 12.0. The van der Waals surface area contributed by atoms with Crippen LogP contribution in [0.2, 0.25) is 0 Å². The normalized spacial score (nSPS) is 16.7. The molecule has 1 aliphatic rings. The lowest BCUT2D eigenvalue weighted by molar-refractivity contribution is -0.126. The monoisotopic (exact) mass is 289 g/mol. The van der Waals surface area contributed by atoms with E-state index in [1.807, 2.05) is 18.2 Å². The first-order valence-electron chi connectivity index (χ1n) is 7.95. The Kier molecular flexibility index (Phi) is 5.62. The minimum atomic E-state index is -0.596. The van der Waals surface area contributed by atoms with E-state index in [2.05, 4.69) is 29.4 Å². The number of benzene rings is 1. The minimum absolute atomic E-state index is 0.0383. The molecule has 0 heterocycles. The van der Waals surface area contributed by atoms with Crippen LogP contribution in [0.3, 0.4) is 0 Å². The number of nitrogens with one attached hydrogen (secondary N) is 1. The quantitative estimate of drug-likeness (QED) is 0.757. The molecule has 1 aromatic rings. The number of anilines is 1. The van der Waals surface area contributed by atoms with Gasteiger partial charge in [-0.2, -0.15) is 0 Å². The van der Waals surface area contributed by atoms with Gasteiger partial charge in [-0.15, -0.1) is 0 Å². The zero-order chi connectivity index (χ0) is 15.1. The molecule has 0 aliphatic heterocycles. The van der Waals surface area contributed by atoms with E-state index in [4.69, 9.17) is 5.73 Å². The van der Waals surface area contributed by atoms with Gasteiger partial charge in [0.25, 0.3) is 0 Å². The molecule has 4 nitrogen and oxygen atoms in total. The summed E-state index contributed by atoms with van der Waals surface area (Å²) in [7, 11) is 2.10. The highest BCUT2D eigenvalue weighted by Gasteiger charge is 2.36. The molecule has 0 unspecified atom stereocenters. The lowest BCUT2D eigenvalue weighted by Crippen LogP contribution is -2.52. The van der Waals surface area contributed by atoms with Crippen molar-refractivity contribution in [2.75, 3.05) is 25.0 Å². The molecule has 3 N–H and O–H groups in total. The van der Waals surface area contributed by atoms with Crippen LogP contribution in [0.15, 0.2) is 30.3 Å². The van der Waals surface area contributed by atoms with Crippen LogP contribution < -0.4 is 16.0 Å². The van der Waals surface area contributed by atoms with Crippen molar-refractivity contribution < 1.29 is 4.79 Å². The molecule has 0 aromatic heterocycles. The molecule has 1 saturated carbocycles. The summed E-state index contributed by atoms with van der Waals surface area (Å²) in [5.41, 5.74) is 6.75. The summed E-state index contributed by atoms with van der Waals surface area (Å²) in [6.45, 7) is 1.72. The molecule has 0 spiro atoms. The average Bonchev–Trinajstić information content (AvgIpc) is 2.95. The SMILES string of the molecule is CN(CCCCNC(=O)C1(N)CCCC1)c1ccccc1. The number of carbonyl (C=O) groups is 1. The van der Waals surface area contributed by atoms with Gasteiger partial charge in [0.2, 0.25) is 5.91 Å². The Hall–Kier alpha value is -1.55. The first-order chi connectivity index (χ1) is 10.1. The first-order valence-corrected chi connectivity index (χ1v) is 7.95. The molecule has 1 aromatic carbocycles. The number of hydrogen-bond acceptors (Lipinski definition) is 3. The molecule has 4 heteroatoms. The van der Waals surface area contributed by atoms with Gasteiger partial charge in [-0.25, -0.2) is 0 Å². The number of unbranched alkanes of at least 4 members (excludes halogenated alkanes) is 1. The molecule has 0 saturated heterocycles. The van der Waals surface area contributed by atoms with Gasteiger partial charge in [0.1, 0.15) is 0 Å². The Morgan fingerprint density at radius 1 is 1.24 bits per heavy atom.